The van der Waals surface area contributed by atoms with E-state index in [1.165, 1.54) is 7.11 Å². The number of aliphatic hydroxyl groups is 2. The lowest BCUT2D eigenvalue weighted by atomic mass is 10.4. The SMILES string of the molecule is COCC(O)COC(C)CO. The highest BCUT2D eigenvalue weighted by atomic mass is 16.5. The lowest BCUT2D eigenvalue weighted by Gasteiger charge is -2.13. The van der Waals surface area contributed by atoms with Crippen molar-refractivity contribution in [1.29, 1.82) is 0 Å². The maximum Gasteiger partial charge on any atom is 0.101 e. The minimum Gasteiger partial charge on any atom is -0.394 e. The van der Waals surface area contributed by atoms with Gasteiger partial charge in [-0.05, 0) is 6.92 Å². The highest BCUT2D eigenvalue weighted by Crippen LogP contribution is 1.92. The summed E-state index contributed by atoms with van der Waals surface area (Å²) in [6.45, 7) is 2.17. The van der Waals surface area contributed by atoms with E-state index in [-0.39, 0.29) is 25.9 Å². The standard InChI is InChI=1S/C7H16O4/c1-6(3-8)11-5-7(9)4-10-2/h6-9H,3-5H2,1-2H3. The van der Waals surface area contributed by atoms with Crippen molar-refractivity contribution in [1.82, 2.24) is 0 Å². The van der Waals surface area contributed by atoms with E-state index in [1.807, 2.05) is 0 Å². The monoisotopic (exact) mass is 164 g/mol. The van der Waals surface area contributed by atoms with Gasteiger partial charge in [-0.2, -0.15) is 0 Å². The van der Waals surface area contributed by atoms with Gasteiger partial charge in [0.1, 0.15) is 6.10 Å². The Morgan fingerprint density at radius 2 is 2.00 bits per heavy atom. The van der Waals surface area contributed by atoms with E-state index in [9.17, 15) is 0 Å². The van der Waals surface area contributed by atoms with Crippen LogP contribution >= 0.6 is 0 Å². The minimum absolute atomic E-state index is 0.0281. The van der Waals surface area contributed by atoms with E-state index in [1.54, 1.807) is 6.92 Å². The largest absolute Gasteiger partial charge is 0.394 e. The third kappa shape index (κ3) is 6.25. The van der Waals surface area contributed by atoms with Gasteiger partial charge in [0, 0.05) is 7.11 Å². The molecule has 0 rings (SSSR count). The molecule has 0 aromatic heterocycles. The minimum atomic E-state index is -0.603. The molecule has 0 fully saturated rings. The van der Waals surface area contributed by atoms with Crippen LogP contribution in [0.2, 0.25) is 0 Å². The molecule has 4 nitrogen and oxygen atoms in total. The Morgan fingerprint density at radius 1 is 1.36 bits per heavy atom. The van der Waals surface area contributed by atoms with Crippen molar-refractivity contribution >= 4 is 0 Å². The van der Waals surface area contributed by atoms with Gasteiger partial charge in [0.25, 0.3) is 0 Å². The topological polar surface area (TPSA) is 58.9 Å². The molecule has 2 unspecified atom stereocenters. The van der Waals surface area contributed by atoms with Gasteiger partial charge in [-0.3, -0.25) is 0 Å². The molecule has 0 aliphatic carbocycles. The van der Waals surface area contributed by atoms with E-state index >= 15 is 0 Å². The first-order chi connectivity index (χ1) is 5.20. The first-order valence-corrected chi connectivity index (χ1v) is 3.60. The van der Waals surface area contributed by atoms with Crippen molar-refractivity contribution in [3.63, 3.8) is 0 Å². The lowest BCUT2D eigenvalue weighted by molar-refractivity contribution is -0.0450. The molecule has 0 aromatic carbocycles. The molecule has 0 spiro atoms. The van der Waals surface area contributed by atoms with Crippen LogP contribution in [0.15, 0.2) is 0 Å². The van der Waals surface area contributed by atoms with Crippen LogP contribution in [0, 0.1) is 0 Å². The van der Waals surface area contributed by atoms with E-state index < -0.39 is 6.10 Å². The molecule has 0 aliphatic rings. The van der Waals surface area contributed by atoms with Gasteiger partial charge in [0.2, 0.25) is 0 Å². The van der Waals surface area contributed by atoms with Gasteiger partial charge in [-0.25, -0.2) is 0 Å². The number of ether oxygens (including phenoxy) is 2. The Morgan fingerprint density at radius 3 is 2.45 bits per heavy atom. The number of hydrogen-bond donors (Lipinski definition) is 2. The summed E-state index contributed by atoms with van der Waals surface area (Å²) in [6.07, 6.45) is -0.824. The summed E-state index contributed by atoms with van der Waals surface area (Å²) in [5.74, 6) is 0. The molecule has 0 bridgehead atoms. The third-order valence-electron chi connectivity index (χ3n) is 1.19. The second-order valence-electron chi connectivity index (χ2n) is 2.44. The van der Waals surface area contributed by atoms with Crippen molar-refractivity contribution in [2.45, 2.75) is 19.1 Å². The molecule has 2 atom stereocenters. The molecule has 0 radical (unpaired) electrons. The van der Waals surface area contributed by atoms with E-state index in [4.69, 9.17) is 14.9 Å². The summed E-state index contributed by atoms with van der Waals surface area (Å²) in [5.41, 5.74) is 0. The fourth-order valence-electron chi connectivity index (χ4n) is 0.569. The maximum atomic E-state index is 9.06. The second-order valence-corrected chi connectivity index (χ2v) is 2.44. The highest BCUT2D eigenvalue weighted by molar-refractivity contribution is 4.53. The molecule has 0 saturated heterocycles. The molecule has 0 aromatic rings. The van der Waals surface area contributed by atoms with E-state index in [0.29, 0.717) is 0 Å². The molecule has 0 heterocycles. The van der Waals surface area contributed by atoms with Crippen LogP contribution in [0.4, 0.5) is 0 Å². The van der Waals surface area contributed by atoms with Crippen LogP contribution in [0.1, 0.15) is 6.92 Å². The van der Waals surface area contributed by atoms with Crippen LogP contribution in [0.25, 0.3) is 0 Å². The Labute approximate surface area is 66.7 Å². The first kappa shape index (κ1) is 10.8. The number of aliphatic hydroxyl groups excluding tert-OH is 2. The van der Waals surface area contributed by atoms with Gasteiger partial charge in [-0.1, -0.05) is 0 Å². The summed E-state index contributed by atoms with van der Waals surface area (Å²) < 4.78 is 9.70. The van der Waals surface area contributed by atoms with Crippen LogP contribution in [0.5, 0.6) is 0 Å². The third-order valence-corrected chi connectivity index (χ3v) is 1.19. The van der Waals surface area contributed by atoms with Gasteiger partial charge in [-0.15, -0.1) is 0 Å². The predicted octanol–water partition coefficient (Wildman–Crippen LogP) is -0.609. The molecule has 4 heteroatoms. The number of methoxy groups -OCH3 is 1. The van der Waals surface area contributed by atoms with Crippen LogP contribution < -0.4 is 0 Å². The van der Waals surface area contributed by atoms with Crippen molar-refractivity contribution < 1.29 is 19.7 Å². The van der Waals surface area contributed by atoms with E-state index in [0.717, 1.165) is 0 Å². The van der Waals surface area contributed by atoms with Gasteiger partial charge in [0.05, 0.1) is 25.9 Å². The predicted molar refractivity (Wildman–Crippen MR) is 40.4 cm³/mol. The summed E-state index contributed by atoms with van der Waals surface area (Å²) in [5, 5.41) is 17.6. The molecule has 2 N–H and O–H groups in total. The lowest BCUT2D eigenvalue weighted by Crippen LogP contribution is -2.25. The van der Waals surface area contributed by atoms with Crippen LogP contribution in [-0.4, -0.2) is 49.4 Å². The molecular weight excluding hydrogens is 148 g/mol. The average molecular weight is 164 g/mol. The average Bonchev–Trinajstić information content (AvgIpc) is 2.01. The Kier molecular flexibility index (Phi) is 6.45. The van der Waals surface area contributed by atoms with Crippen molar-refractivity contribution in [3.8, 4) is 0 Å². The fraction of sp³-hybridized carbons (Fsp3) is 1.00. The van der Waals surface area contributed by atoms with Crippen LogP contribution in [0.3, 0.4) is 0 Å². The summed E-state index contributed by atoms with van der Waals surface area (Å²) in [7, 11) is 1.51. The van der Waals surface area contributed by atoms with Crippen molar-refractivity contribution in [2.24, 2.45) is 0 Å². The summed E-state index contributed by atoms with van der Waals surface area (Å²) in [4.78, 5) is 0. The molecular formula is C7H16O4. The van der Waals surface area contributed by atoms with Crippen molar-refractivity contribution in [3.05, 3.63) is 0 Å². The maximum absolute atomic E-state index is 9.06. The van der Waals surface area contributed by atoms with Crippen LogP contribution in [-0.2, 0) is 9.47 Å². The van der Waals surface area contributed by atoms with Gasteiger partial charge >= 0.3 is 0 Å². The van der Waals surface area contributed by atoms with Gasteiger partial charge in [0.15, 0.2) is 0 Å². The smallest absolute Gasteiger partial charge is 0.101 e. The first-order valence-electron chi connectivity index (χ1n) is 3.60. The van der Waals surface area contributed by atoms with Gasteiger partial charge < -0.3 is 19.7 Å². The number of rotatable bonds is 6. The fourth-order valence-corrected chi connectivity index (χ4v) is 0.569. The normalized spacial score (nSPS) is 16.4. The zero-order valence-electron chi connectivity index (χ0n) is 6.99. The highest BCUT2D eigenvalue weighted by Gasteiger charge is 2.05. The second kappa shape index (κ2) is 6.54. The Bertz CT molecular complexity index is 86.5. The Balaban J connectivity index is 3.22. The molecule has 11 heavy (non-hydrogen) atoms. The van der Waals surface area contributed by atoms with Crippen molar-refractivity contribution in [2.75, 3.05) is 26.9 Å². The zero-order chi connectivity index (χ0) is 8.69. The summed E-state index contributed by atoms with van der Waals surface area (Å²) in [6, 6.07) is 0. The van der Waals surface area contributed by atoms with E-state index in [2.05, 4.69) is 4.74 Å². The molecule has 0 aliphatic heterocycles. The molecule has 0 saturated carbocycles. The molecule has 68 valence electrons. The molecule has 0 amide bonds. The Hall–Kier alpha value is -0.160. The summed E-state index contributed by atoms with van der Waals surface area (Å²) >= 11 is 0. The quantitative estimate of drug-likeness (QED) is 0.550. The zero-order valence-corrected chi connectivity index (χ0v) is 6.99. The number of hydrogen-bond acceptors (Lipinski definition) is 4.